The highest BCUT2D eigenvalue weighted by molar-refractivity contribution is 7.98. The van der Waals surface area contributed by atoms with Gasteiger partial charge in [0.25, 0.3) is 0 Å². The average molecular weight is 557 g/mol. The zero-order chi connectivity index (χ0) is 27.2. The number of rotatable bonds is 7. The first-order valence-electron chi connectivity index (χ1n) is 14.1. The van der Waals surface area contributed by atoms with Crippen LogP contribution in [0.3, 0.4) is 0 Å². The molecule has 3 heterocycles. The van der Waals surface area contributed by atoms with Gasteiger partial charge in [-0.3, -0.25) is 4.79 Å². The monoisotopic (exact) mass is 556 g/mol. The Hall–Kier alpha value is -3.72. The summed E-state index contributed by atoms with van der Waals surface area (Å²) in [5.41, 5.74) is 6.91. The van der Waals surface area contributed by atoms with Gasteiger partial charge in [-0.25, -0.2) is 9.37 Å². The molecule has 1 saturated heterocycles. The van der Waals surface area contributed by atoms with Gasteiger partial charge in [0.15, 0.2) is 0 Å². The van der Waals surface area contributed by atoms with Gasteiger partial charge in [-0.05, 0) is 91.9 Å². The second-order valence-corrected chi connectivity index (χ2v) is 11.9. The van der Waals surface area contributed by atoms with Crippen LogP contribution < -0.4 is 20.4 Å². The number of halogens is 1. The summed E-state index contributed by atoms with van der Waals surface area (Å²) >= 11 is 1.75. The van der Waals surface area contributed by atoms with E-state index in [0.717, 1.165) is 83.5 Å². The van der Waals surface area contributed by atoms with E-state index in [1.165, 1.54) is 25.0 Å². The Bertz CT molecular complexity index is 1560. The number of anilines is 4. The minimum Gasteiger partial charge on any atom is -0.382 e. The molecule has 9 heteroatoms. The zero-order valence-electron chi connectivity index (χ0n) is 22.6. The summed E-state index contributed by atoms with van der Waals surface area (Å²) in [6.07, 6.45) is 5.21. The van der Waals surface area contributed by atoms with Crippen molar-refractivity contribution in [1.82, 2.24) is 9.55 Å². The van der Waals surface area contributed by atoms with E-state index in [4.69, 9.17) is 4.98 Å². The number of hydrogen-bond donors (Lipinski definition) is 2. The van der Waals surface area contributed by atoms with Gasteiger partial charge in [0.2, 0.25) is 5.91 Å². The number of amides is 1. The lowest BCUT2D eigenvalue weighted by Crippen LogP contribution is -2.46. The van der Waals surface area contributed by atoms with Crippen LogP contribution in [-0.2, 0) is 4.79 Å². The van der Waals surface area contributed by atoms with E-state index in [0.29, 0.717) is 6.04 Å². The molecular weight excluding hydrogens is 523 g/mol. The molecule has 0 radical (unpaired) electrons. The third-order valence-corrected chi connectivity index (χ3v) is 8.83. The first-order chi connectivity index (χ1) is 19.6. The molecule has 1 aliphatic carbocycles. The van der Waals surface area contributed by atoms with E-state index in [1.807, 2.05) is 18.2 Å². The van der Waals surface area contributed by atoms with Crippen molar-refractivity contribution in [2.75, 3.05) is 58.6 Å². The minimum atomic E-state index is -0.329. The fraction of sp³-hybridized carbons (Fsp3) is 0.355. The number of carbonyl (C=O) groups excluding carboxylic acids is 1. The third-order valence-electron chi connectivity index (χ3n) is 8.19. The molecule has 2 N–H and O–H groups in total. The Labute approximate surface area is 237 Å². The lowest BCUT2D eigenvalue weighted by atomic mass is 10.1. The topological polar surface area (TPSA) is 65.4 Å². The van der Waals surface area contributed by atoms with Crippen molar-refractivity contribution in [1.29, 1.82) is 0 Å². The standard InChI is InChI=1S/C31H33FN6OS/c1-40-17-12-29-31(39)35-26-10-6-22(33-21-4-5-21)18-25(26)30-34-27-19-24(9-11-28(27)38(29)30)37-15-13-36(14-16-37)23-7-2-20(32)3-8-23/h2-3,6-11,18-19,21,29,33H,4-5,12-17H2,1H3,(H,35,39). The SMILES string of the molecule is CSCCC1C(=O)Nc2ccc(NC3CC3)cc2-c2nc3cc(N4CCN(c5ccc(F)cc5)CC4)ccc3n21. The molecule has 206 valence electrons. The van der Waals surface area contributed by atoms with Crippen molar-refractivity contribution in [3.8, 4) is 11.4 Å². The Morgan fingerprint density at radius 3 is 2.42 bits per heavy atom. The first-order valence-corrected chi connectivity index (χ1v) is 15.4. The molecule has 40 heavy (non-hydrogen) atoms. The summed E-state index contributed by atoms with van der Waals surface area (Å²) in [6, 6.07) is 19.6. The fourth-order valence-corrected chi connectivity index (χ4v) is 6.34. The van der Waals surface area contributed by atoms with Crippen molar-refractivity contribution in [2.24, 2.45) is 0 Å². The van der Waals surface area contributed by atoms with Crippen molar-refractivity contribution in [2.45, 2.75) is 31.3 Å². The average Bonchev–Trinajstić information content (AvgIpc) is 3.73. The van der Waals surface area contributed by atoms with Gasteiger partial charge in [-0.1, -0.05) is 0 Å². The Kier molecular flexibility index (Phi) is 6.54. The molecule has 1 unspecified atom stereocenters. The molecule has 4 aromatic rings. The summed E-state index contributed by atoms with van der Waals surface area (Å²) in [5.74, 6) is 1.53. The lowest BCUT2D eigenvalue weighted by molar-refractivity contribution is -0.119. The van der Waals surface area contributed by atoms with Gasteiger partial charge >= 0.3 is 0 Å². The normalized spacial score (nSPS) is 18.8. The molecule has 1 amide bonds. The second-order valence-electron chi connectivity index (χ2n) is 10.9. The number of fused-ring (bicyclic) bond motifs is 5. The van der Waals surface area contributed by atoms with E-state index >= 15 is 0 Å². The molecule has 2 aliphatic heterocycles. The van der Waals surface area contributed by atoms with Crippen LogP contribution >= 0.6 is 11.8 Å². The van der Waals surface area contributed by atoms with E-state index in [1.54, 1.807) is 11.8 Å². The number of piperazine rings is 1. The highest BCUT2D eigenvalue weighted by atomic mass is 32.2. The summed E-state index contributed by atoms with van der Waals surface area (Å²) in [6.45, 7) is 3.47. The molecule has 3 aromatic carbocycles. The van der Waals surface area contributed by atoms with Crippen molar-refractivity contribution in [3.63, 3.8) is 0 Å². The minimum absolute atomic E-state index is 0.0113. The van der Waals surface area contributed by atoms with E-state index in [2.05, 4.69) is 61.6 Å². The number of thioether (sulfide) groups is 1. The second kappa shape index (κ2) is 10.4. The Morgan fingerprint density at radius 1 is 0.975 bits per heavy atom. The van der Waals surface area contributed by atoms with Crippen LogP contribution in [0.25, 0.3) is 22.4 Å². The summed E-state index contributed by atoms with van der Waals surface area (Å²) < 4.78 is 15.5. The molecule has 0 spiro atoms. The van der Waals surface area contributed by atoms with E-state index in [9.17, 15) is 9.18 Å². The summed E-state index contributed by atoms with van der Waals surface area (Å²) in [7, 11) is 0. The number of benzene rings is 3. The maximum Gasteiger partial charge on any atom is 0.247 e. The van der Waals surface area contributed by atoms with Crippen LogP contribution in [0.1, 0.15) is 25.3 Å². The molecule has 3 aliphatic rings. The molecule has 1 aromatic heterocycles. The number of aromatic nitrogens is 2. The molecule has 7 rings (SSSR count). The highest BCUT2D eigenvalue weighted by Gasteiger charge is 2.32. The zero-order valence-corrected chi connectivity index (χ0v) is 23.4. The van der Waals surface area contributed by atoms with Crippen LogP contribution in [0.2, 0.25) is 0 Å². The Balaban J connectivity index is 1.23. The molecule has 1 saturated carbocycles. The quantitative estimate of drug-likeness (QED) is 0.292. The van der Waals surface area contributed by atoms with Crippen LogP contribution in [0.4, 0.5) is 27.1 Å². The predicted octanol–water partition coefficient (Wildman–Crippen LogP) is 5.99. The van der Waals surface area contributed by atoms with Crippen molar-refractivity contribution in [3.05, 3.63) is 66.5 Å². The van der Waals surface area contributed by atoms with Crippen molar-refractivity contribution >= 4 is 51.5 Å². The predicted molar refractivity (Wildman–Crippen MR) is 163 cm³/mol. The fourth-order valence-electron chi connectivity index (χ4n) is 5.88. The largest absolute Gasteiger partial charge is 0.382 e. The van der Waals surface area contributed by atoms with Crippen LogP contribution in [0, 0.1) is 5.82 Å². The number of nitrogens with one attached hydrogen (secondary N) is 2. The first kappa shape index (κ1) is 25.3. The number of nitrogens with zero attached hydrogens (tertiary/aromatic N) is 4. The highest BCUT2D eigenvalue weighted by Crippen LogP contribution is 2.40. The maximum absolute atomic E-state index is 13.5. The molecule has 2 fully saturated rings. The maximum atomic E-state index is 13.5. The van der Waals surface area contributed by atoms with Gasteiger partial charge < -0.3 is 25.0 Å². The summed E-state index contributed by atoms with van der Waals surface area (Å²) in [4.78, 5) is 23.4. The number of hydrogen-bond acceptors (Lipinski definition) is 6. The molecule has 0 bridgehead atoms. The van der Waals surface area contributed by atoms with Gasteiger partial charge in [0, 0.05) is 54.8 Å². The van der Waals surface area contributed by atoms with Gasteiger partial charge in [-0.15, -0.1) is 0 Å². The smallest absolute Gasteiger partial charge is 0.247 e. The van der Waals surface area contributed by atoms with E-state index in [-0.39, 0.29) is 17.8 Å². The lowest BCUT2D eigenvalue weighted by Gasteiger charge is -2.37. The van der Waals surface area contributed by atoms with Crippen LogP contribution in [0.15, 0.2) is 60.7 Å². The Morgan fingerprint density at radius 2 is 1.70 bits per heavy atom. The van der Waals surface area contributed by atoms with Crippen LogP contribution in [0.5, 0.6) is 0 Å². The number of imidazole rings is 1. The van der Waals surface area contributed by atoms with Crippen molar-refractivity contribution < 1.29 is 9.18 Å². The number of carbonyl (C=O) groups is 1. The molecule has 7 nitrogen and oxygen atoms in total. The van der Waals surface area contributed by atoms with E-state index < -0.39 is 0 Å². The third kappa shape index (κ3) is 4.76. The van der Waals surface area contributed by atoms with Crippen LogP contribution in [-0.4, -0.2) is 59.7 Å². The summed E-state index contributed by atoms with van der Waals surface area (Å²) in [5, 5.41) is 6.78. The molecular formula is C31H33FN6OS. The van der Waals surface area contributed by atoms with Gasteiger partial charge in [0.05, 0.1) is 16.7 Å². The van der Waals surface area contributed by atoms with Gasteiger partial charge in [0.1, 0.15) is 17.7 Å². The van der Waals surface area contributed by atoms with Gasteiger partial charge in [-0.2, -0.15) is 11.8 Å². The molecule has 1 atom stereocenters.